The molecule has 2 rings (SSSR count). The minimum atomic E-state index is -1.29. The van der Waals surface area contributed by atoms with Crippen LogP contribution in [0.3, 0.4) is 0 Å². The quantitative estimate of drug-likeness (QED) is 0.849. The summed E-state index contributed by atoms with van der Waals surface area (Å²) in [5.41, 5.74) is 0.335. The lowest BCUT2D eigenvalue weighted by Crippen LogP contribution is -2.38. The summed E-state index contributed by atoms with van der Waals surface area (Å²) in [7, 11) is 2.04. The number of nitrogens with zero attached hydrogens (tertiary/aromatic N) is 1. The van der Waals surface area contributed by atoms with E-state index in [1.165, 1.54) is 0 Å². The Morgan fingerprint density at radius 1 is 0.875 bits per heavy atom. The Morgan fingerprint density at radius 3 is 1.67 bits per heavy atom. The van der Waals surface area contributed by atoms with Crippen molar-refractivity contribution >= 4 is 12.4 Å². The highest BCUT2D eigenvalue weighted by Crippen LogP contribution is 2.28. The van der Waals surface area contributed by atoms with Crippen molar-refractivity contribution in [3.05, 3.63) is 71.8 Å². The van der Waals surface area contributed by atoms with Crippen molar-refractivity contribution in [2.45, 2.75) is 31.9 Å². The Bertz CT molecular complexity index is 641. The van der Waals surface area contributed by atoms with Crippen LogP contribution in [0.1, 0.15) is 31.9 Å². The van der Waals surface area contributed by atoms with Gasteiger partial charge in [-0.3, -0.25) is 4.90 Å². The van der Waals surface area contributed by atoms with Crippen molar-refractivity contribution in [1.82, 2.24) is 4.90 Å². The predicted octanol–water partition coefficient (Wildman–Crippen LogP) is 4.08. The predicted molar refractivity (Wildman–Crippen MR) is 103 cm³/mol. The first-order valence-corrected chi connectivity index (χ1v) is 7.89. The molecule has 0 fully saturated rings. The van der Waals surface area contributed by atoms with E-state index in [4.69, 9.17) is 0 Å². The van der Waals surface area contributed by atoms with Crippen LogP contribution >= 0.6 is 12.4 Å². The van der Waals surface area contributed by atoms with Gasteiger partial charge in [-0.2, -0.15) is 0 Å². The molecule has 0 bridgehead atoms. The Kier molecular flexibility index (Phi) is 7.05. The molecule has 0 spiro atoms. The summed E-state index contributed by atoms with van der Waals surface area (Å²) in [5, 5.41) is 11.3. The lowest BCUT2D eigenvalue weighted by Gasteiger charge is -2.30. The molecule has 0 aliphatic heterocycles. The number of halogens is 1. The maximum atomic E-state index is 11.3. The van der Waals surface area contributed by atoms with Crippen LogP contribution in [0.5, 0.6) is 0 Å². The van der Waals surface area contributed by atoms with Crippen LogP contribution in [0.4, 0.5) is 0 Å². The van der Waals surface area contributed by atoms with Crippen LogP contribution < -0.4 is 0 Å². The van der Waals surface area contributed by atoms with Crippen molar-refractivity contribution < 1.29 is 5.11 Å². The van der Waals surface area contributed by atoms with Crippen LogP contribution in [0.2, 0.25) is 0 Å². The molecule has 0 aliphatic rings. The minimum Gasteiger partial charge on any atom is -0.369 e. The summed E-state index contributed by atoms with van der Waals surface area (Å²) in [5.74, 6) is 6.25. The minimum absolute atomic E-state index is 0. The van der Waals surface area contributed by atoms with Crippen molar-refractivity contribution in [3.8, 4) is 11.8 Å². The zero-order valence-electron chi connectivity index (χ0n) is 14.8. The normalized spacial score (nSPS) is 11.4. The van der Waals surface area contributed by atoms with Crippen LogP contribution in [-0.2, 0) is 5.60 Å². The molecule has 3 heteroatoms. The second-order valence-electron chi connectivity index (χ2n) is 6.77. The first-order valence-electron chi connectivity index (χ1n) is 7.89. The molecule has 2 nitrogen and oxygen atoms in total. The van der Waals surface area contributed by atoms with Crippen molar-refractivity contribution in [1.29, 1.82) is 0 Å². The number of aliphatic hydroxyl groups is 1. The average Bonchev–Trinajstić information content (AvgIpc) is 2.55. The summed E-state index contributed by atoms with van der Waals surface area (Å²) in [6.07, 6.45) is 0. The number of hydrogen-bond acceptors (Lipinski definition) is 2. The van der Waals surface area contributed by atoms with Gasteiger partial charge >= 0.3 is 0 Å². The zero-order valence-corrected chi connectivity index (χ0v) is 15.6. The standard InChI is InChI=1S/C21H25NO.ClH/c1-20(2,3)22(4)17-11-16-21(23,18-12-7-5-8-13-18)19-14-9-6-10-15-19;/h5-10,12-15,23H,17H2,1-4H3;1H. The van der Waals surface area contributed by atoms with Gasteiger partial charge in [-0.05, 0) is 27.8 Å². The molecule has 0 aliphatic carbocycles. The molecule has 0 unspecified atom stereocenters. The fourth-order valence-corrected chi connectivity index (χ4v) is 2.19. The molecule has 0 aromatic heterocycles. The number of hydrogen-bond donors (Lipinski definition) is 1. The van der Waals surface area contributed by atoms with Gasteiger partial charge < -0.3 is 5.11 Å². The molecule has 0 saturated heterocycles. The highest BCUT2D eigenvalue weighted by Gasteiger charge is 2.29. The van der Waals surface area contributed by atoms with E-state index in [-0.39, 0.29) is 17.9 Å². The van der Waals surface area contributed by atoms with Gasteiger partial charge in [0.25, 0.3) is 0 Å². The first kappa shape index (κ1) is 20.3. The van der Waals surface area contributed by atoms with Crippen molar-refractivity contribution in [3.63, 3.8) is 0 Å². The Balaban J connectivity index is 0.00000288. The Morgan fingerprint density at radius 2 is 1.29 bits per heavy atom. The highest BCUT2D eigenvalue weighted by atomic mass is 35.5. The third-order valence-electron chi connectivity index (χ3n) is 4.11. The molecule has 0 heterocycles. The zero-order chi connectivity index (χ0) is 16.9. The van der Waals surface area contributed by atoms with Crippen LogP contribution in [-0.4, -0.2) is 29.1 Å². The summed E-state index contributed by atoms with van der Waals surface area (Å²) >= 11 is 0. The second kappa shape index (κ2) is 8.35. The van der Waals surface area contributed by atoms with E-state index in [0.29, 0.717) is 6.54 Å². The number of rotatable bonds is 3. The van der Waals surface area contributed by atoms with Gasteiger partial charge in [-0.15, -0.1) is 12.4 Å². The van der Waals surface area contributed by atoms with E-state index in [1.807, 2.05) is 67.7 Å². The monoisotopic (exact) mass is 343 g/mol. The smallest absolute Gasteiger partial charge is 0.176 e. The third-order valence-corrected chi connectivity index (χ3v) is 4.11. The molecular weight excluding hydrogens is 318 g/mol. The molecular formula is C21H26ClNO. The lowest BCUT2D eigenvalue weighted by molar-refractivity contribution is 0.144. The van der Waals surface area contributed by atoms with E-state index in [9.17, 15) is 5.11 Å². The summed E-state index contributed by atoms with van der Waals surface area (Å²) in [4.78, 5) is 2.16. The molecule has 0 atom stereocenters. The van der Waals surface area contributed by atoms with Gasteiger partial charge in [0.1, 0.15) is 0 Å². The molecule has 1 N–H and O–H groups in total. The molecule has 24 heavy (non-hydrogen) atoms. The van der Waals surface area contributed by atoms with Gasteiger partial charge in [-0.25, -0.2) is 0 Å². The Labute approximate surface area is 151 Å². The van der Waals surface area contributed by atoms with Gasteiger partial charge in [0.05, 0.1) is 6.54 Å². The maximum absolute atomic E-state index is 11.3. The second-order valence-corrected chi connectivity index (χ2v) is 6.77. The van der Waals surface area contributed by atoms with Gasteiger partial charge in [0.15, 0.2) is 5.60 Å². The molecule has 2 aromatic carbocycles. The van der Waals surface area contributed by atoms with E-state index in [0.717, 1.165) is 11.1 Å². The average molecular weight is 344 g/mol. The fraction of sp³-hybridized carbons (Fsp3) is 0.333. The van der Waals surface area contributed by atoms with E-state index < -0.39 is 5.60 Å². The molecule has 0 radical (unpaired) electrons. The highest BCUT2D eigenvalue weighted by molar-refractivity contribution is 5.85. The van der Waals surface area contributed by atoms with E-state index >= 15 is 0 Å². The Hall–Kier alpha value is -1.79. The number of benzene rings is 2. The first-order chi connectivity index (χ1) is 10.8. The largest absolute Gasteiger partial charge is 0.369 e. The van der Waals surface area contributed by atoms with Crippen molar-refractivity contribution in [2.75, 3.05) is 13.6 Å². The topological polar surface area (TPSA) is 23.5 Å². The lowest BCUT2D eigenvalue weighted by atomic mass is 9.87. The SMILES string of the molecule is CN(CC#CC(O)(c1ccccc1)c1ccccc1)C(C)(C)C.Cl. The third kappa shape index (κ3) is 4.85. The summed E-state index contributed by atoms with van der Waals surface area (Å²) in [6.45, 7) is 7.05. The van der Waals surface area contributed by atoms with Gasteiger partial charge in [-0.1, -0.05) is 72.5 Å². The van der Waals surface area contributed by atoms with Crippen molar-refractivity contribution in [2.24, 2.45) is 0 Å². The fourth-order valence-electron chi connectivity index (χ4n) is 2.19. The van der Waals surface area contributed by atoms with Crippen LogP contribution in [0.15, 0.2) is 60.7 Å². The molecule has 128 valence electrons. The van der Waals surface area contributed by atoms with E-state index in [1.54, 1.807) is 0 Å². The summed E-state index contributed by atoms with van der Waals surface area (Å²) in [6, 6.07) is 19.2. The van der Waals surface area contributed by atoms with Gasteiger partial charge in [0.2, 0.25) is 0 Å². The maximum Gasteiger partial charge on any atom is 0.176 e. The van der Waals surface area contributed by atoms with Crippen LogP contribution in [0.25, 0.3) is 0 Å². The van der Waals surface area contributed by atoms with E-state index in [2.05, 4.69) is 37.5 Å². The van der Waals surface area contributed by atoms with Gasteiger partial charge in [0, 0.05) is 16.7 Å². The molecule has 0 amide bonds. The summed E-state index contributed by atoms with van der Waals surface area (Å²) < 4.78 is 0. The van der Waals surface area contributed by atoms with Crippen LogP contribution in [0, 0.1) is 11.8 Å². The molecule has 0 saturated carbocycles. The molecule has 2 aromatic rings.